The van der Waals surface area contributed by atoms with E-state index in [0.29, 0.717) is 6.61 Å². The molecule has 1 aliphatic rings. The van der Waals surface area contributed by atoms with Gasteiger partial charge in [-0.05, 0) is 35.4 Å². The minimum Gasteiger partial charge on any atom is -0.495 e. The number of piperazine rings is 1. The maximum atomic E-state index is 5.92. The summed E-state index contributed by atoms with van der Waals surface area (Å²) >= 11 is 0. The molecular weight excluding hydrogens is 374 g/mol. The first-order chi connectivity index (χ1) is 14.8. The highest BCUT2D eigenvalue weighted by molar-refractivity contribution is 5.80. The topological polar surface area (TPSA) is 37.3 Å². The van der Waals surface area contributed by atoms with Crippen LogP contribution in [0.2, 0.25) is 0 Å². The van der Waals surface area contributed by atoms with Gasteiger partial charge in [0.25, 0.3) is 0 Å². The third-order valence-electron chi connectivity index (χ3n) is 5.16. The van der Waals surface area contributed by atoms with Crippen LogP contribution in [0.15, 0.2) is 84.0 Å². The zero-order valence-corrected chi connectivity index (χ0v) is 17.3. The largest absolute Gasteiger partial charge is 0.495 e. The van der Waals surface area contributed by atoms with E-state index < -0.39 is 0 Å². The van der Waals surface area contributed by atoms with E-state index in [9.17, 15) is 0 Å². The van der Waals surface area contributed by atoms with E-state index in [1.54, 1.807) is 7.11 Å². The summed E-state index contributed by atoms with van der Waals surface area (Å²) in [6.45, 7) is 4.14. The van der Waals surface area contributed by atoms with Gasteiger partial charge in [0.15, 0.2) is 0 Å². The van der Waals surface area contributed by atoms with Gasteiger partial charge in [0, 0.05) is 13.1 Å². The molecular formula is C25H27N3O2. The third kappa shape index (κ3) is 5.11. The van der Waals surface area contributed by atoms with E-state index in [4.69, 9.17) is 9.47 Å². The van der Waals surface area contributed by atoms with Gasteiger partial charge in [-0.15, -0.1) is 0 Å². The zero-order chi connectivity index (χ0) is 20.6. The van der Waals surface area contributed by atoms with Crippen LogP contribution in [0.4, 0.5) is 5.69 Å². The van der Waals surface area contributed by atoms with Crippen LogP contribution in [0.3, 0.4) is 0 Å². The predicted octanol–water partition coefficient (Wildman–Crippen LogP) is 4.43. The van der Waals surface area contributed by atoms with Crippen LogP contribution in [0.5, 0.6) is 11.5 Å². The molecule has 0 unspecified atom stereocenters. The molecule has 5 nitrogen and oxygen atoms in total. The molecule has 0 radical (unpaired) electrons. The molecule has 154 valence electrons. The number of rotatable bonds is 7. The smallest absolute Gasteiger partial charge is 0.142 e. The maximum absolute atomic E-state index is 5.92. The van der Waals surface area contributed by atoms with Gasteiger partial charge in [0.2, 0.25) is 0 Å². The number of methoxy groups -OCH3 is 1. The Bertz CT molecular complexity index is 967. The summed E-state index contributed by atoms with van der Waals surface area (Å²) < 4.78 is 11.4. The van der Waals surface area contributed by atoms with Gasteiger partial charge >= 0.3 is 0 Å². The summed E-state index contributed by atoms with van der Waals surface area (Å²) in [7, 11) is 1.72. The summed E-state index contributed by atoms with van der Waals surface area (Å²) in [4.78, 5) is 2.35. The van der Waals surface area contributed by atoms with Crippen molar-refractivity contribution in [2.24, 2.45) is 5.10 Å². The molecule has 5 heteroatoms. The molecule has 0 N–H and O–H groups in total. The van der Waals surface area contributed by atoms with Crippen molar-refractivity contribution in [3.05, 3.63) is 90.0 Å². The second-order valence-corrected chi connectivity index (χ2v) is 7.20. The van der Waals surface area contributed by atoms with Crippen molar-refractivity contribution < 1.29 is 9.47 Å². The lowest BCUT2D eigenvalue weighted by molar-refractivity contribution is 0.271. The first-order valence-corrected chi connectivity index (χ1v) is 10.3. The van der Waals surface area contributed by atoms with Crippen LogP contribution in [-0.4, -0.2) is 44.5 Å². The highest BCUT2D eigenvalue weighted by Gasteiger charge is 2.18. The van der Waals surface area contributed by atoms with Gasteiger partial charge in [-0.25, -0.2) is 0 Å². The summed E-state index contributed by atoms with van der Waals surface area (Å²) in [5.41, 5.74) is 3.34. The molecule has 30 heavy (non-hydrogen) atoms. The average Bonchev–Trinajstić information content (AvgIpc) is 2.83. The molecule has 1 fully saturated rings. The van der Waals surface area contributed by atoms with Gasteiger partial charge in [-0.1, -0.05) is 54.6 Å². The van der Waals surface area contributed by atoms with E-state index in [1.165, 1.54) is 0 Å². The van der Waals surface area contributed by atoms with Crippen LogP contribution >= 0.6 is 0 Å². The Morgan fingerprint density at radius 3 is 2.43 bits per heavy atom. The van der Waals surface area contributed by atoms with E-state index in [2.05, 4.69) is 39.3 Å². The summed E-state index contributed by atoms with van der Waals surface area (Å²) in [5.74, 6) is 1.77. The third-order valence-corrected chi connectivity index (χ3v) is 5.16. The highest BCUT2D eigenvalue weighted by Crippen LogP contribution is 2.28. The standard InChI is InChI=1S/C25H27N3O2/c1-29-25-13-6-5-12-24(25)27-14-16-28(17-15-27)26-19-22-10-7-11-23(18-22)30-20-21-8-3-2-4-9-21/h2-13,18-19H,14-17,20H2,1H3. The van der Waals surface area contributed by atoms with Gasteiger partial charge in [0.1, 0.15) is 18.1 Å². The monoisotopic (exact) mass is 401 g/mol. The Labute approximate surface area is 178 Å². The molecule has 0 aliphatic carbocycles. The lowest BCUT2D eigenvalue weighted by Crippen LogP contribution is -2.44. The molecule has 0 atom stereocenters. The van der Waals surface area contributed by atoms with E-state index in [-0.39, 0.29) is 0 Å². The highest BCUT2D eigenvalue weighted by atomic mass is 16.5. The molecule has 4 rings (SSSR count). The first kappa shape index (κ1) is 19.8. The van der Waals surface area contributed by atoms with Crippen LogP contribution in [-0.2, 0) is 6.61 Å². The van der Waals surface area contributed by atoms with Crippen LogP contribution in [0.1, 0.15) is 11.1 Å². The number of anilines is 1. The molecule has 0 amide bonds. The van der Waals surface area contributed by atoms with Crippen molar-refractivity contribution in [3.63, 3.8) is 0 Å². The van der Waals surface area contributed by atoms with E-state index in [1.807, 2.05) is 60.8 Å². The maximum Gasteiger partial charge on any atom is 0.142 e. The van der Waals surface area contributed by atoms with Crippen molar-refractivity contribution in [2.75, 3.05) is 38.2 Å². The molecule has 1 saturated heterocycles. The minimum atomic E-state index is 0.562. The first-order valence-electron chi connectivity index (χ1n) is 10.3. The zero-order valence-electron chi connectivity index (χ0n) is 17.3. The van der Waals surface area contributed by atoms with Gasteiger partial charge in [0.05, 0.1) is 32.1 Å². The lowest BCUT2D eigenvalue weighted by atomic mass is 10.2. The van der Waals surface area contributed by atoms with Crippen LogP contribution in [0, 0.1) is 0 Å². The fourth-order valence-electron chi connectivity index (χ4n) is 3.52. The number of para-hydroxylation sites is 2. The van der Waals surface area contributed by atoms with Crippen molar-refractivity contribution >= 4 is 11.9 Å². The van der Waals surface area contributed by atoms with Crippen molar-refractivity contribution in [1.29, 1.82) is 0 Å². The number of nitrogens with zero attached hydrogens (tertiary/aromatic N) is 3. The second kappa shape index (κ2) is 9.83. The normalized spacial score (nSPS) is 14.2. The van der Waals surface area contributed by atoms with Crippen LogP contribution in [0.25, 0.3) is 0 Å². The second-order valence-electron chi connectivity index (χ2n) is 7.20. The number of hydrogen-bond acceptors (Lipinski definition) is 5. The Morgan fingerprint density at radius 1 is 0.867 bits per heavy atom. The number of hydrazone groups is 1. The molecule has 3 aromatic rings. The summed E-state index contributed by atoms with van der Waals surface area (Å²) in [5, 5.41) is 6.79. The molecule has 0 saturated carbocycles. The average molecular weight is 402 g/mol. The number of ether oxygens (including phenoxy) is 2. The van der Waals surface area contributed by atoms with Crippen molar-refractivity contribution in [3.8, 4) is 11.5 Å². The van der Waals surface area contributed by atoms with Crippen LogP contribution < -0.4 is 14.4 Å². The quantitative estimate of drug-likeness (QED) is 0.549. The molecule has 1 heterocycles. The Kier molecular flexibility index (Phi) is 6.50. The Morgan fingerprint density at radius 2 is 1.63 bits per heavy atom. The van der Waals surface area contributed by atoms with E-state index >= 15 is 0 Å². The van der Waals surface area contributed by atoms with Gasteiger partial charge < -0.3 is 14.4 Å². The number of benzene rings is 3. The SMILES string of the molecule is COc1ccccc1N1CCN(N=Cc2cccc(OCc3ccccc3)c2)CC1. The minimum absolute atomic E-state index is 0.562. The number of hydrogen-bond donors (Lipinski definition) is 0. The molecule has 1 aliphatic heterocycles. The predicted molar refractivity (Wildman–Crippen MR) is 122 cm³/mol. The fourth-order valence-corrected chi connectivity index (χ4v) is 3.52. The summed E-state index contributed by atoms with van der Waals surface area (Å²) in [6, 6.07) is 26.4. The molecule has 0 spiro atoms. The summed E-state index contributed by atoms with van der Waals surface area (Å²) in [6.07, 6.45) is 1.91. The molecule has 0 bridgehead atoms. The van der Waals surface area contributed by atoms with Crippen molar-refractivity contribution in [2.45, 2.75) is 6.61 Å². The van der Waals surface area contributed by atoms with Gasteiger partial charge in [-0.3, -0.25) is 5.01 Å². The fraction of sp³-hybridized carbons (Fsp3) is 0.240. The lowest BCUT2D eigenvalue weighted by Gasteiger charge is -2.35. The van der Waals surface area contributed by atoms with Gasteiger partial charge in [-0.2, -0.15) is 5.10 Å². The molecule has 0 aromatic heterocycles. The van der Waals surface area contributed by atoms with Crippen molar-refractivity contribution in [1.82, 2.24) is 5.01 Å². The Hall–Kier alpha value is -3.47. The Balaban J connectivity index is 1.31. The van der Waals surface area contributed by atoms with E-state index in [0.717, 1.165) is 54.5 Å². The molecule has 3 aromatic carbocycles.